The smallest absolute Gasteiger partial charge is 0.207 e. The molecule has 0 radical (unpaired) electrons. The highest BCUT2D eigenvalue weighted by molar-refractivity contribution is 8.67. The normalized spacial score (nSPS) is 11.9. The summed E-state index contributed by atoms with van der Waals surface area (Å²) in [5.74, 6) is 0. The zero-order valence-corrected chi connectivity index (χ0v) is 19.3. The van der Waals surface area contributed by atoms with Crippen LogP contribution >= 0.6 is 0 Å². The molecule has 4 aromatic carbocycles. The van der Waals surface area contributed by atoms with E-state index in [2.05, 4.69) is 0 Å². The molecule has 0 spiro atoms. The number of aryl methyl sites for hydroxylation is 2. The van der Waals surface area contributed by atoms with Gasteiger partial charge in [0.25, 0.3) is 17.7 Å². The molecule has 0 aliphatic rings. The Hall–Kier alpha value is -3.22. The van der Waals surface area contributed by atoms with E-state index < -0.39 is 17.7 Å². The Morgan fingerprint density at radius 3 is 1.16 bits per heavy atom. The van der Waals surface area contributed by atoms with Gasteiger partial charge in [0.15, 0.2) is 0 Å². The third-order valence-electron chi connectivity index (χ3n) is 5.27. The highest BCUT2D eigenvalue weighted by atomic mass is 33.2. The molecule has 0 saturated carbocycles. The van der Waals surface area contributed by atoms with Crippen molar-refractivity contribution in [3.8, 4) is 22.3 Å². The van der Waals surface area contributed by atoms with Crippen LogP contribution in [0.1, 0.15) is 11.1 Å². The van der Waals surface area contributed by atoms with E-state index >= 15 is 0 Å². The van der Waals surface area contributed by atoms with Crippen molar-refractivity contribution in [2.24, 2.45) is 0 Å². The zero-order chi connectivity index (χ0) is 22.9. The molecule has 0 fully saturated rings. The highest BCUT2D eigenvalue weighted by Gasteiger charge is 2.37. The largest absolute Gasteiger partial charge is 0.287 e. The van der Waals surface area contributed by atoms with Gasteiger partial charge in [-0.25, -0.2) is 16.8 Å². The minimum absolute atomic E-state index is 0.228. The van der Waals surface area contributed by atoms with Gasteiger partial charge in [0.2, 0.25) is 0 Å². The molecule has 0 aliphatic heterocycles. The fourth-order valence-electron chi connectivity index (χ4n) is 3.65. The zero-order valence-electron chi connectivity index (χ0n) is 17.7. The molecule has 0 bridgehead atoms. The molecule has 0 atom stereocenters. The summed E-state index contributed by atoms with van der Waals surface area (Å²) in [6, 6.07) is 27.2. The molecule has 4 rings (SSSR count). The van der Waals surface area contributed by atoms with Gasteiger partial charge in [-0.15, -0.1) is 0 Å². The molecular weight excluding hydrogens is 440 g/mol. The summed E-state index contributed by atoms with van der Waals surface area (Å²) < 4.78 is 54.6. The summed E-state index contributed by atoms with van der Waals surface area (Å²) in [6.45, 7) is 3.68. The van der Waals surface area contributed by atoms with Crippen molar-refractivity contribution in [2.75, 3.05) is 0 Å². The predicted molar refractivity (Wildman–Crippen MR) is 128 cm³/mol. The Bertz CT molecular complexity index is 1370. The van der Waals surface area contributed by atoms with Gasteiger partial charge in [-0.3, -0.25) is 0 Å². The molecule has 6 heteroatoms. The lowest BCUT2D eigenvalue weighted by Gasteiger charge is -2.15. The van der Waals surface area contributed by atoms with Crippen LogP contribution in [0.5, 0.6) is 0 Å². The molecule has 4 aromatic rings. The molecule has 32 heavy (non-hydrogen) atoms. The van der Waals surface area contributed by atoms with E-state index in [1.54, 1.807) is 72.8 Å². The molecule has 0 N–H and O–H groups in total. The molecule has 0 aliphatic carbocycles. The average molecular weight is 463 g/mol. The van der Waals surface area contributed by atoms with Crippen molar-refractivity contribution in [3.05, 3.63) is 108 Å². The van der Waals surface area contributed by atoms with Crippen LogP contribution in [0.25, 0.3) is 22.3 Å². The SMILES string of the molecule is Cc1ccc(S(=O)(=O)S(=O)(=O)c2ccc(C)cc2-c2ccccc2)c(-c2ccccc2)c1. The summed E-state index contributed by atoms with van der Waals surface area (Å²) >= 11 is 0. The third kappa shape index (κ3) is 3.87. The molecule has 0 heterocycles. The fraction of sp³-hybridized carbons (Fsp3) is 0.0769. The van der Waals surface area contributed by atoms with Crippen LogP contribution in [0.2, 0.25) is 0 Å². The summed E-state index contributed by atoms with van der Waals surface area (Å²) in [5, 5.41) is 0. The lowest BCUT2D eigenvalue weighted by atomic mass is 10.0. The van der Waals surface area contributed by atoms with E-state index in [9.17, 15) is 16.8 Å². The summed E-state index contributed by atoms with van der Waals surface area (Å²) in [7, 11) is -9.52. The van der Waals surface area contributed by atoms with Crippen LogP contribution < -0.4 is 0 Å². The van der Waals surface area contributed by atoms with Crippen LogP contribution in [-0.2, 0) is 17.7 Å². The van der Waals surface area contributed by atoms with E-state index in [0.717, 1.165) is 11.1 Å². The van der Waals surface area contributed by atoms with Crippen LogP contribution in [0.15, 0.2) is 107 Å². The van der Waals surface area contributed by atoms with E-state index in [1.165, 1.54) is 12.1 Å². The Kier molecular flexibility index (Phi) is 5.75. The van der Waals surface area contributed by atoms with Gasteiger partial charge in [-0.2, -0.15) is 0 Å². The van der Waals surface area contributed by atoms with E-state index in [4.69, 9.17) is 0 Å². The Morgan fingerprint density at radius 1 is 0.469 bits per heavy atom. The number of hydrogen-bond donors (Lipinski definition) is 0. The second-order valence-corrected chi connectivity index (χ2v) is 13.0. The first-order valence-corrected chi connectivity index (χ1v) is 13.5. The van der Waals surface area contributed by atoms with Crippen LogP contribution in [0.4, 0.5) is 0 Å². The minimum Gasteiger partial charge on any atom is -0.207 e. The standard InChI is InChI=1S/C26H22O4S2/c1-19-13-15-25(23(17-19)21-9-5-3-6-10-21)31(27,28)32(29,30)26-16-14-20(2)18-24(26)22-11-7-4-8-12-22/h3-18H,1-2H3. The van der Waals surface area contributed by atoms with E-state index in [1.807, 2.05) is 26.0 Å². The van der Waals surface area contributed by atoms with Gasteiger partial charge in [0.05, 0.1) is 9.79 Å². The van der Waals surface area contributed by atoms with Crippen molar-refractivity contribution in [1.82, 2.24) is 0 Å². The topological polar surface area (TPSA) is 68.3 Å². The number of benzene rings is 4. The van der Waals surface area contributed by atoms with Gasteiger partial charge in [-0.1, -0.05) is 96.1 Å². The van der Waals surface area contributed by atoms with Crippen LogP contribution in [0.3, 0.4) is 0 Å². The highest BCUT2D eigenvalue weighted by Crippen LogP contribution is 2.37. The Balaban J connectivity index is 1.96. The fourth-order valence-corrected chi connectivity index (χ4v) is 7.77. The monoisotopic (exact) mass is 462 g/mol. The first-order valence-electron chi connectivity index (χ1n) is 10.0. The van der Waals surface area contributed by atoms with Gasteiger partial charge in [0.1, 0.15) is 0 Å². The summed E-state index contributed by atoms with van der Waals surface area (Å²) in [5.41, 5.74) is 3.67. The molecule has 0 saturated heterocycles. The first-order chi connectivity index (χ1) is 15.2. The number of rotatable bonds is 5. The van der Waals surface area contributed by atoms with Crippen molar-refractivity contribution in [2.45, 2.75) is 23.6 Å². The summed E-state index contributed by atoms with van der Waals surface area (Å²) in [6.07, 6.45) is 0. The van der Waals surface area contributed by atoms with E-state index in [-0.39, 0.29) is 9.79 Å². The van der Waals surface area contributed by atoms with Crippen molar-refractivity contribution in [3.63, 3.8) is 0 Å². The maximum Gasteiger partial charge on any atom is 0.287 e. The third-order valence-corrected chi connectivity index (χ3v) is 10.4. The molecule has 162 valence electrons. The molecule has 0 aromatic heterocycles. The maximum atomic E-state index is 13.6. The second kappa shape index (κ2) is 8.37. The van der Waals surface area contributed by atoms with Gasteiger partial charge < -0.3 is 0 Å². The average Bonchev–Trinajstić information content (AvgIpc) is 2.79. The molecule has 0 amide bonds. The number of hydrogen-bond acceptors (Lipinski definition) is 4. The maximum absolute atomic E-state index is 13.6. The van der Waals surface area contributed by atoms with Gasteiger partial charge in [-0.05, 0) is 37.1 Å². The van der Waals surface area contributed by atoms with Crippen molar-refractivity contribution >= 4 is 17.7 Å². The second-order valence-electron chi connectivity index (χ2n) is 7.64. The lowest BCUT2D eigenvalue weighted by molar-refractivity contribution is 0.583. The molecular formula is C26H22O4S2. The van der Waals surface area contributed by atoms with Crippen LogP contribution in [0, 0.1) is 13.8 Å². The van der Waals surface area contributed by atoms with Gasteiger partial charge in [0, 0.05) is 11.1 Å². The summed E-state index contributed by atoms with van der Waals surface area (Å²) in [4.78, 5) is -0.456. The minimum atomic E-state index is -4.76. The van der Waals surface area contributed by atoms with Crippen molar-refractivity contribution < 1.29 is 16.8 Å². The quantitative estimate of drug-likeness (QED) is 0.352. The predicted octanol–water partition coefficient (Wildman–Crippen LogP) is 5.80. The van der Waals surface area contributed by atoms with Crippen molar-refractivity contribution in [1.29, 1.82) is 0 Å². The molecule has 0 unspecified atom stereocenters. The van der Waals surface area contributed by atoms with Gasteiger partial charge >= 0.3 is 0 Å². The first kappa shape index (κ1) is 22.0. The van der Waals surface area contributed by atoms with E-state index in [0.29, 0.717) is 22.3 Å². The van der Waals surface area contributed by atoms with Crippen LogP contribution in [-0.4, -0.2) is 16.8 Å². The Labute approximate surface area is 188 Å². The molecule has 4 nitrogen and oxygen atoms in total. The Morgan fingerprint density at radius 2 is 0.812 bits per heavy atom. The lowest BCUT2D eigenvalue weighted by Crippen LogP contribution is -2.18.